The summed E-state index contributed by atoms with van der Waals surface area (Å²) in [5, 5.41) is 3.82. The fourth-order valence-corrected chi connectivity index (χ4v) is 2.14. The van der Waals surface area contributed by atoms with E-state index in [0.29, 0.717) is 18.3 Å². The largest absolute Gasteiger partial charge is 0.494 e. The lowest BCUT2D eigenvalue weighted by Gasteiger charge is -2.13. The lowest BCUT2D eigenvalue weighted by molar-refractivity contribution is 0.337. The normalized spacial score (nSPS) is 10.3. The molecule has 2 rings (SSSR count). The van der Waals surface area contributed by atoms with E-state index >= 15 is 0 Å². The number of pyridine rings is 1. The summed E-state index contributed by atoms with van der Waals surface area (Å²) in [5.41, 5.74) is 3.05. The number of benzene rings is 1. The van der Waals surface area contributed by atoms with Gasteiger partial charge in [0.25, 0.3) is 0 Å². The molecule has 0 spiro atoms. The van der Waals surface area contributed by atoms with Crippen LogP contribution in [-0.2, 0) is 6.54 Å². The highest BCUT2D eigenvalue weighted by Gasteiger charge is 2.06. The zero-order valence-corrected chi connectivity index (χ0v) is 11.9. The summed E-state index contributed by atoms with van der Waals surface area (Å²) in [6, 6.07) is 9.91. The molecular formula is C15H17ClN2O. The van der Waals surface area contributed by atoms with Crippen molar-refractivity contribution in [3.05, 3.63) is 52.8 Å². The topological polar surface area (TPSA) is 34.1 Å². The van der Waals surface area contributed by atoms with Crippen LogP contribution in [-0.4, -0.2) is 11.6 Å². The predicted octanol–water partition coefficient (Wildman–Crippen LogP) is 4.05. The van der Waals surface area contributed by atoms with Crippen molar-refractivity contribution in [2.75, 3.05) is 11.9 Å². The van der Waals surface area contributed by atoms with Crippen LogP contribution in [0.25, 0.3) is 0 Å². The quantitative estimate of drug-likeness (QED) is 0.837. The molecular weight excluding hydrogens is 260 g/mol. The SMILES string of the molecule is CCOc1ccccc1CNc1c(C)ccnc1Cl. The number of halogens is 1. The van der Waals surface area contributed by atoms with E-state index in [1.807, 2.05) is 44.2 Å². The van der Waals surface area contributed by atoms with Gasteiger partial charge in [0.05, 0.1) is 12.3 Å². The number of aromatic nitrogens is 1. The number of hydrogen-bond donors (Lipinski definition) is 1. The zero-order chi connectivity index (χ0) is 13.7. The Morgan fingerprint density at radius 1 is 1.26 bits per heavy atom. The molecule has 1 aromatic heterocycles. The monoisotopic (exact) mass is 276 g/mol. The van der Waals surface area contributed by atoms with Crippen molar-refractivity contribution >= 4 is 17.3 Å². The van der Waals surface area contributed by atoms with Gasteiger partial charge >= 0.3 is 0 Å². The second kappa shape index (κ2) is 6.43. The maximum atomic E-state index is 6.09. The van der Waals surface area contributed by atoms with Crippen LogP contribution < -0.4 is 10.1 Å². The molecule has 100 valence electrons. The molecule has 0 saturated carbocycles. The third-order valence-corrected chi connectivity index (χ3v) is 3.13. The molecule has 0 aliphatic carbocycles. The highest BCUT2D eigenvalue weighted by atomic mass is 35.5. The molecule has 2 aromatic rings. The average Bonchev–Trinajstić information content (AvgIpc) is 2.40. The van der Waals surface area contributed by atoms with Crippen LogP contribution in [0.2, 0.25) is 5.15 Å². The number of nitrogens with one attached hydrogen (secondary N) is 1. The lowest BCUT2D eigenvalue weighted by Crippen LogP contribution is -2.05. The van der Waals surface area contributed by atoms with Gasteiger partial charge in [0.1, 0.15) is 5.75 Å². The van der Waals surface area contributed by atoms with E-state index in [-0.39, 0.29) is 0 Å². The fourth-order valence-electron chi connectivity index (χ4n) is 1.87. The Kier molecular flexibility index (Phi) is 4.63. The van der Waals surface area contributed by atoms with Crippen molar-refractivity contribution in [3.8, 4) is 5.75 Å². The van der Waals surface area contributed by atoms with Gasteiger partial charge in [-0.05, 0) is 31.5 Å². The number of anilines is 1. The Balaban J connectivity index is 2.15. The average molecular weight is 277 g/mol. The first kappa shape index (κ1) is 13.7. The van der Waals surface area contributed by atoms with Gasteiger partial charge in [-0.2, -0.15) is 0 Å². The van der Waals surface area contributed by atoms with Crippen molar-refractivity contribution in [1.29, 1.82) is 0 Å². The van der Waals surface area contributed by atoms with Crippen molar-refractivity contribution in [1.82, 2.24) is 4.98 Å². The molecule has 4 heteroatoms. The number of nitrogens with zero attached hydrogens (tertiary/aromatic N) is 1. The van der Waals surface area contributed by atoms with Crippen molar-refractivity contribution < 1.29 is 4.74 Å². The number of rotatable bonds is 5. The second-order valence-electron chi connectivity index (χ2n) is 4.19. The van der Waals surface area contributed by atoms with Gasteiger partial charge < -0.3 is 10.1 Å². The summed E-state index contributed by atoms with van der Waals surface area (Å²) < 4.78 is 5.60. The van der Waals surface area contributed by atoms with Gasteiger partial charge in [0, 0.05) is 18.3 Å². The van der Waals surface area contributed by atoms with Gasteiger partial charge in [-0.25, -0.2) is 4.98 Å². The number of hydrogen-bond acceptors (Lipinski definition) is 3. The molecule has 0 aliphatic heterocycles. The Bertz CT molecular complexity index is 537. The van der Waals surface area contributed by atoms with Crippen molar-refractivity contribution in [3.63, 3.8) is 0 Å². The third kappa shape index (κ3) is 3.38. The van der Waals surface area contributed by atoms with Crippen molar-refractivity contribution in [2.24, 2.45) is 0 Å². The number of para-hydroxylation sites is 1. The van der Waals surface area contributed by atoms with E-state index < -0.39 is 0 Å². The van der Waals surface area contributed by atoms with E-state index in [1.165, 1.54) is 0 Å². The van der Waals surface area contributed by atoms with Gasteiger partial charge in [0.2, 0.25) is 0 Å². The molecule has 19 heavy (non-hydrogen) atoms. The third-order valence-electron chi connectivity index (χ3n) is 2.84. The molecule has 0 amide bonds. The standard InChI is InChI=1S/C15H17ClN2O/c1-3-19-13-7-5-4-6-12(13)10-18-14-11(2)8-9-17-15(14)16/h4-9,18H,3,10H2,1-2H3. The minimum absolute atomic E-state index is 0.494. The first-order chi connectivity index (χ1) is 9.22. The maximum absolute atomic E-state index is 6.09. The first-order valence-electron chi connectivity index (χ1n) is 6.28. The maximum Gasteiger partial charge on any atom is 0.152 e. The molecule has 1 aromatic carbocycles. The van der Waals surface area contributed by atoms with E-state index in [1.54, 1.807) is 6.20 Å². The number of ether oxygens (including phenoxy) is 1. The number of aryl methyl sites for hydroxylation is 1. The van der Waals surface area contributed by atoms with E-state index in [4.69, 9.17) is 16.3 Å². The van der Waals surface area contributed by atoms with Crippen LogP contribution >= 0.6 is 11.6 Å². The van der Waals surface area contributed by atoms with Crippen LogP contribution in [0.15, 0.2) is 36.5 Å². The molecule has 3 nitrogen and oxygen atoms in total. The summed E-state index contributed by atoms with van der Waals surface area (Å²) in [4.78, 5) is 4.08. The van der Waals surface area contributed by atoms with Crippen LogP contribution in [0.3, 0.4) is 0 Å². The first-order valence-corrected chi connectivity index (χ1v) is 6.66. The van der Waals surface area contributed by atoms with Crippen molar-refractivity contribution in [2.45, 2.75) is 20.4 Å². The highest BCUT2D eigenvalue weighted by molar-refractivity contribution is 6.32. The smallest absolute Gasteiger partial charge is 0.152 e. The molecule has 1 heterocycles. The van der Waals surface area contributed by atoms with Crippen LogP contribution in [0.5, 0.6) is 5.75 Å². The predicted molar refractivity (Wildman–Crippen MR) is 78.9 cm³/mol. The zero-order valence-electron chi connectivity index (χ0n) is 11.1. The molecule has 0 aliphatic rings. The summed E-state index contributed by atoms with van der Waals surface area (Å²) >= 11 is 6.09. The summed E-state index contributed by atoms with van der Waals surface area (Å²) in [6.45, 7) is 5.29. The van der Waals surface area contributed by atoms with E-state index in [9.17, 15) is 0 Å². The molecule has 0 saturated heterocycles. The molecule has 0 fully saturated rings. The Morgan fingerprint density at radius 2 is 2.05 bits per heavy atom. The molecule has 0 unspecified atom stereocenters. The van der Waals surface area contributed by atoms with Crippen LogP contribution in [0.1, 0.15) is 18.1 Å². The Labute approximate surface area is 118 Å². The van der Waals surface area contributed by atoms with Gasteiger partial charge in [-0.3, -0.25) is 0 Å². The minimum Gasteiger partial charge on any atom is -0.494 e. The summed E-state index contributed by atoms with van der Waals surface area (Å²) in [5.74, 6) is 0.898. The second-order valence-corrected chi connectivity index (χ2v) is 4.55. The Morgan fingerprint density at radius 3 is 2.79 bits per heavy atom. The van der Waals surface area contributed by atoms with Gasteiger partial charge in [-0.1, -0.05) is 29.8 Å². The fraction of sp³-hybridized carbons (Fsp3) is 0.267. The molecule has 0 radical (unpaired) electrons. The van der Waals surface area contributed by atoms with Crippen LogP contribution in [0.4, 0.5) is 5.69 Å². The molecule has 0 atom stereocenters. The molecule has 0 bridgehead atoms. The summed E-state index contributed by atoms with van der Waals surface area (Å²) in [6.07, 6.45) is 1.71. The minimum atomic E-state index is 0.494. The summed E-state index contributed by atoms with van der Waals surface area (Å²) in [7, 11) is 0. The van der Waals surface area contributed by atoms with E-state index in [0.717, 1.165) is 22.6 Å². The van der Waals surface area contributed by atoms with Crippen LogP contribution in [0, 0.1) is 6.92 Å². The van der Waals surface area contributed by atoms with Gasteiger partial charge in [-0.15, -0.1) is 0 Å². The lowest BCUT2D eigenvalue weighted by atomic mass is 10.2. The van der Waals surface area contributed by atoms with Gasteiger partial charge in [0.15, 0.2) is 5.15 Å². The Hall–Kier alpha value is -1.74. The molecule has 1 N–H and O–H groups in total. The van der Waals surface area contributed by atoms with E-state index in [2.05, 4.69) is 10.3 Å². The highest BCUT2D eigenvalue weighted by Crippen LogP contribution is 2.25.